The van der Waals surface area contributed by atoms with Gasteiger partial charge >= 0.3 is 0 Å². The maximum atomic E-state index is 12.4. The Labute approximate surface area is 163 Å². The molecule has 0 heterocycles. The molecule has 0 aliphatic rings. The summed E-state index contributed by atoms with van der Waals surface area (Å²) in [6, 6.07) is 9.83. The predicted molar refractivity (Wildman–Crippen MR) is 110 cm³/mol. The van der Waals surface area contributed by atoms with Crippen molar-refractivity contribution in [2.24, 2.45) is 0 Å². The van der Waals surface area contributed by atoms with E-state index >= 15 is 0 Å². The van der Waals surface area contributed by atoms with Gasteiger partial charge in [0.05, 0.1) is 18.7 Å². The molecule has 2 aromatic rings. The molecule has 0 saturated carbocycles. The van der Waals surface area contributed by atoms with E-state index in [0.717, 1.165) is 39.7 Å². The Morgan fingerprint density at radius 2 is 1.77 bits per heavy atom. The first kappa shape index (κ1) is 20.0. The zero-order valence-electron chi connectivity index (χ0n) is 15.6. The van der Waals surface area contributed by atoms with Gasteiger partial charge in [0.15, 0.2) is 11.5 Å². The molecular formula is C21H24BrNO3. The minimum atomic E-state index is -0.161. The number of carbonyl (C=O) groups excluding carboxylic acids is 1. The van der Waals surface area contributed by atoms with Crippen molar-refractivity contribution in [3.8, 4) is 11.5 Å². The Balaban J connectivity index is 2.22. The number of halogens is 1. The van der Waals surface area contributed by atoms with Gasteiger partial charge in [0.2, 0.25) is 5.91 Å². The number of anilines is 1. The number of hydrogen-bond acceptors (Lipinski definition) is 3. The summed E-state index contributed by atoms with van der Waals surface area (Å²) in [4.78, 5) is 12.4. The third-order valence-corrected chi connectivity index (χ3v) is 4.72. The highest BCUT2D eigenvalue weighted by atomic mass is 79.9. The number of rotatable bonds is 7. The molecule has 0 bridgehead atoms. The fourth-order valence-electron chi connectivity index (χ4n) is 2.77. The van der Waals surface area contributed by atoms with Gasteiger partial charge in [-0.1, -0.05) is 32.0 Å². The third-order valence-electron chi connectivity index (χ3n) is 4.13. The molecule has 2 rings (SSSR count). The lowest BCUT2D eigenvalue weighted by Gasteiger charge is -2.13. The van der Waals surface area contributed by atoms with Crippen molar-refractivity contribution in [2.45, 2.75) is 26.7 Å². The van der Waals surface area contributed by atoms with Crippen LogP contribution >= 0.6 is 15.9 Å². The Kier molecular flexibility index (Phi) is 7.27. The van der Waals surface area contributed by atoms with Crippen LogP contribution in [0.15, 0.2) is 40.9 Å². The summed E-state index contributed by atoms with van der Waals surface area (Å²) >= 11 is 3.46. The number of aryl methyl sites for hydroxylation is 2. The van der Waals surface area contributed by atoms with Gasteiger partial charge in [0, 0.05) is 11.8 Å². The largest absolute Gasteiger partial charge is 0.493 e. The predicted octanol–water partition coefficient (Wildman–Crippen LogP) is 5.24. The molecule has 1 amide bonds. The highest BCUT2D eigenvalue weighted by molar-refractivity contribution is 9.10. The Hall–Kier alpha value is -2.27. The summed E-state index contributed by atoms with van der Waals surface area (Å²) in [5.41, 5.74) is 4.03. The normalized spacial score (nSPS) is 10.8. The molecule has 0 atom stereocenters. The van der Waals surface area contributed by atoms with Crippen LogP contribution in [0, 0.1) is 0 Å². The number of nitrogens with one attached hydrogen (secondary N) is 1. The molecule has 0 aromatic heterocycles. The van der Waals surface area contributed by atoms with Crippen LogP contribution < -0.4 is 14.8 Å². The van der Waals surface area contributed by atoms with Gasteiger partial charge in [-0.25, -0.2) is 0 Å². The van der Waals surface area contributed by atoms with Crippen LogP contribution in [0.1, 0.15) is 30.5 Å². The molecule has 0 unspecified atom stereocenters. The van der Waals surface area contributed by atoms with Gasteiger partial charge in [-0.2, -0.15) is 0 Å². The number of hydrogen-bond donors (Lipinski definition) is 1. The SMILES string of the molecule is CCc1cccc(CC)c1NC(=O)C=Cc1cc(Br)c(OC)c(OC)c1. The minimum absolute atomic E-state index is 0.161. The third kappa shape index (κ3) is 4.67. The average molecular weight is 418 g/mol. The number of amides is 1. The molecule has 0 fully saturated rings. The van der Waals surface area contributed by atoms with Gasteiger partial charge in [-0.05, 0) is 63.7 Å². The van der Waals surface area contributed by atoms with Gasteiger partial charge in [0.1, 0.15) is 0 Å². The number of benzene rings is 2. The first-order valence-corrected chi connectivity index (χ1v) is 9.34. The standard InChI is InChI=1S/C21H24BrNO3/c1-5-15-8-7-9-16(6-2)20(15)23-19(24)11-10-14-12-17(22)21(26-4)18(13-14)25-3/h7-13H,5-6H2,1-4H3,(H,23,24). The van der Waals surface area contributed by atoms with Gasteiger partial charge in [-0.3, -0.25) is 4.79 Å². The van der Waals surface area contributed by atoms with Crippen molar-refractivity contribution in [1.29, 1.82) is 0 Å². The van der Waals surface area contributed by atoms with Gasteiger partial charge in [0.25, 0.3) is 0 Å². The van der Waals surface area contributed by atoms with E-state index in [2.05, 4.69) is 35.1 Å². The second-order valence-corrected chi connectivity index (χ2v) is 6.57. The van der Waals surface area contributed by atoms with Crippen LogP contribution in [0.25, 0.3) is 6.08 Å². The van der Waals surface area contributed by atoms with Crippen LogP contribution in [0.2, 0.25) is 0 Å². The molecule has 138 valence electrons. The van der Waals surface area contributed by atoms with E-state index in [1.165, 1.54) is 6.08 Å². The number of methoxy groups -OCH3 is 2. The van der Waals surface area contributed by atoms with Gasteiger partial charge < -0.3 is 14.8 Å². The van der Waals surface area contributed by atoms with Crippen LogP contribution in [-0.2, 0) is 17.6 Å². The van der Waals surface area contributed by atoms with Crippen LogP contribution in [0.5, 0.6) is 11.5 Å². The van der Waals surface area contributed by atoms with E-state index in [9.17, 15) is 4.79 Å². The zero-order valence-corrected chi connectivity index (χ0v) is 17.1. The van der Waals surface area contributed by atoms with Crippen LogP contribution in [-0.4, -0.2) is 20.1 Å². The summed E-state index contributed by atoms with van der Waals surface area (Å²) in [5, 5.41) is 3.02. The molecule has 5 heteroatoms. The molecule has 0 radical (unpaired) electrons. The van der Waals surface area contributed by atoms with Crippen molar-refractivity contribution in [1.82, 2.24) is 0 Å². The average Bonchev–Trinajstić information content (AvgIpc) is 2.65. The maximum absolute atomic E-state index is 12.4. The Morgan fingerprint density at radius 1 is 1.12 bits per heavy atom. The number of carbonyl (C=O) groups is 1. The molecule has 0 aliphatic carbocycles. The molecule has 0 saturated heterocycles. The smallest absolute Gasteiger partial charge is 0.248 e. The molecular weight excluding hydrogens is 394 g/mol. The van der Waals surface area contributed by atoms with E-state index < -0.39 is 0 Å². The summed E-state index contributed by atoms with van der Waals surface area (Å²) in [6.07, 6.45) is 5.02. The monoisotopic (exact) mass is 417 g/mol. The second kappa shape index (κ2) is 9.43. The van der Waals surface area contributed by atoms with Crippen molar-refractivity contribution in [2.75, 3.05) is 19.5 Å². The molecule has 0 aliphatic heterocycles. The summed E-state index contributed by atoms with van der Waals surface area (Å²) in [7, 11) is 3.17. The lowest BCUT2D eigenvalue weighted by atomic mass is 10.0. The van der Waals surface area contributed by atoms with Crippen molar-refractivity contribution in [3.63, 3.8) is 0 Å². The molecule has 1 N–H and O–H groups in total. The highest BCUT2D eigenvalue weighted by Crippen LogP contribution is 2.36. The first-order chi connectivity index (χ1) is 12.5. The summed E-state index contributed by atoms with van der Waals surface area (Å²) in [5.74, 6) is 1.07. The second-order valence-electron chi connectivity index (χ2n) is 5.72. The minimum Gasteiger partial charge on any atom is -0.493 e. The number of ether oxygens (including phenoxy) is 2. The highest BCUT2D eigenvalue weighted by Gasteiger charge is 2.11. The van der Waals surface area contributed by atoms with E-state index in [1.807, 2.05) is 30.3 Å². The Morgan fingerprint density at radius 3 is 2.31 bits per heavy atom. The maximum Gasteiger partial charge on any atom is 0.248 e. The van der Waals surface area contributed by atoms with Crippen LogP contribution in [0.3, 0.4) is 0 Å². The van der Waals surface area contributed by atoms with Crippen molar-refractivity contribution < 1.29 is 14.3 Å². The molecule has 0 spiro atoms. The molecule has 26 heavy (non-hydrogen) atoms. The zero-order chi connectivity index (χ0) is 19.1. The first-order valence-electron chi connectivity index (χ1n) is 8.55. The van der Waals surface area contributed by atoms with Gasteiger partial charge in [-0.15, -0.1) is 0 Å². The molecule has 4 nitrogen and oxygen atoms in total. The van der Waals surface area contributed by atoms with Crippen molar-refractivity contribution >= 4 is 33.6 Å². The fourth-order valence-corrected chi connectivity index (χ4v) is 3.40. The van der Waals surface area contributed by atoms with Crippen molar-refractivity contribution in [3.05, 3.63) is 57.6 Å². The molecule has 2 aromatic carbocycles. The fraction of sp³-hybridized carbons (Fsp3) is 0.286. The number of para-hydroxylation sites is 1. The Bertz CT molecular complexity index is 793. The lowest BCUT2D eigenvalue weighted by Crippen LogP contribution is -2.11. The van der Waals surface area contributed by atoms with Crippen LogP contribution in [0.4, 0.5) is 5.69 Å². The quantitative estimate of drug-likeness (QED) is 0.626. The van der Waals surface area contributed by atoms with E-state index in [4.69, 9.17) is 9.47 Å². The lowest BCUT2D eigenvalue weighted by molar-refractivity contribution is -0.111. The van der Waals surface area contributed by atoms with E-state index in [0.29, 0.717) is 11.5 Å². The van der Waals surface area contributed by atoms with E-state index in [-0.39, 0.29) is 5.91 Å². The summed E-state index contributed by atoms with van der Waals surface area (Å²) < 4.78 is 11.4. The summed E-state index contributed by atoms with van der Waals surface area (Å²) in [6.45, 7) is 4.17. The van der Waals surface area contributed by atoms with E-state index in [1.54, 1.807) is 20.3 Å². The topological polar surface area (TPSA) is 47.6 Å².